The second-order valence-corrected chi connectivity index (χ2v) is 5.45. The van der Waals surface area contributed by atoms with E-state index in [1.165, 1.54) is 0 Å². The van der Waals surface area contributed by atoms with Gasteiger partial charge in [-0.2, -0.15) is 0 Å². The molecule has 0 aromatic carbocycles. The summed E-state index contributed by atoms with van der Waals surface area (Å²) in [6.07, 6.45) is 5.76. The molecule has 1 saturated heterocycles. The molecule has 0 bridgehead atoms. The van der Waals surface area contributed by atoms with Crippen LogP contribution in [0.4, 0.5) is 0 Å². The number of amides is 2. The molecule has 6 heteroatoms. The Hall–Kier alpha value is -0.810. The molecule has 2 aliphatic rings. The van der Waals surface area contributed by atoms with E-state index in [0.717, 1.165) is 51.6 Å². The summed E-state index contributed by atoms with van der Waals surface area (Å²) in [5.74, 6) is -0.324. The highest BCUT2D eigenvalue weighted by molar-refractivity contribution is 5.85. The first kappa shape index (κ1) is 16.2. The van der Waals surface area contributed by atoms with Crippen molar-refractivity contribution in [3.8, 4) is 0 Å². The Labute approximate surface area is 120 Å². The Kier molecular flexibility index (Phi) is 6.58. The van der Waals surface area contributed by atoms with Crippen LogP contribution in [-0.4, -0.2) is 30.9 Å². The van der Waals surface area contributed by atoms with Gasteiger partial charge in [-0.05, 0) is 32.2 Å². The maximum atomic E-state index is 12.1. The highest BCUT2D eigenvalue weighted by Gasteiger charge is 2.32. The average Bonchev–Trinajstić information content (AvgIpc) is 2.40. The van der Waals surface area contributed by atoms with E-state index in [9.17, 15) is 9.59 Å². The summed E-state index contributed by atoms with van der Waals surface area (Å²) in [6.45, 7) is 1.75. The lowest BCUT2D eigenvalue weighted by atomic mass is 9.83. The number of hydrogen-bond donors (Lipinski definition) is 3. The van der Waals surface area contributed by atoms with Gasteiger partial charge in [0.05, 0.1) is 11.8 Å². The molecule has 1 saturated carbocycles. The third-order valence-electron chi connectivity index (χ3n) is 4.13. The number of rotatable bonds is 3. The number of nitrogens with two attached hydrogens (primary N) is 1. The van der Waals surface area contributed by atoms with E-state index in [0.29, 0.717) is 0 Å². The van der Waals surface area contributed by atoms with Crippen LogP contribution in [0.2, 0.25) is 0 Å². The Balaban J connectivity index is 0.00000180. The summed E-state index contributed by atoms with van der Waals surface area (Å²) >= 11 is 0. The fourth-order valence-corrected chi connectivity index (χ4v) is 3.02. The van der Waals surface area contributed by atoms with Gasteiger partial charge in [0.2, 0.25) is 11.8 Å². The normalized spacial score (nSPS) is 31.1. The number of carbonyl (C=O) groups excluding carboxylic acids is 2. The fourth-order valence-electron chi connectivity index (χ4n) is 3.02. The first-order chi connectivity index (χ1) is 8.68. The lowest BCUT2D eigenvalue weighted by Crippen LogP contribution is -2.50. The van der Waals surface area contributed by atoms with Crippen molar-refractivity contribution in [2.24, 2.45) is 17.6 Å². The van der Waals surface area contributed by atoms with Crippen molar-refractivity contribution in [2.45, 2.75) is 44.6 Å². The molecule has 4 N–H and O–H groups in total. The van der Waals surface area contributed by atoms with Crippen molar-refractivity contribution in [3.05, 3.63) is 0 Å². The molecule has 3 atom stereocenters. The zero-order chi connectivity index (χ0) is 13.0. The van der Waals surface area contributed by atoms with Crippen molar-refractivity contribution in [3.63, 3.8) is 0 Å². The molecule has 0 radical (unpaired) electrons. The maximum Gasteiger partial charge on any atom is 0.224 e. The van der Waals surface area contributed by atoms with Crippen LogP contribution in [0.25, 0.3) is 0 Å². The van der Waals surface area contributed by atoms with Gasteiger partial charge in [-0.25, -0.2) is 0 Å². The SMILES string of the molecule is Cl.NC(=O)C1CCCCC1NC(=O)C1CCCNC1. The second kappa shape index (κ2) is 7.70. The van der Waals surface area contributed by atoms with Gasteiger partial charge in [0, 0.05) is 12.6 Å². The zero-order valence-corrected chi connectivity index (χ0v) is 12.0. The van der Waals surface area contributed by atoms with Crippen LogP contribution < -0.4 is 16.4 Å². The molecule has 1 aliphatic heterocycles. The van der Waals surface area contributed by atoms with Crippen LogP contribution >= 0.6 is 12.4 Å². The van der Waals surface area contributed by atoms with Crippen LogP contribution in [-0.2, 0) is 9.59 Å². The Bertz CT molecular complexity index is 319. The fraction of sp³-hybridized carbons (Fsp3) is 0.846. The van der Waals surface area contributed by atoms with Gasteiger partial charge in [-0.15, -0.1) is 12.4 Å². The van der Waals surface area contributed by atoms with Gasteiger partial charge in [0.1, 0.15) is 0 Å². The molecule has 110 valence electrons. The number of piperidine rings is 1. The van der Waals surface area contributed by atoms with E-state index in [1.54, 1.807) is 0 Å². The smallest absolute Gasteiger partial charge is 0.224 e. The highest BCUT2D eigenvalue weighted by atomic mass is 35.5. The zero-order valence-electron chi connectivity index (χ0n) is 11.2. The summed E-state index contributed by atoms with van der Waals surface area (Å²) in [5, 5.41) is 6.27. The minimum absolute atomic E-state index is 0. The minimum Gasteiger partial charge on any atom is -0.369 e. The number of halogens is 1. The molecule has 1 heterocycles. The lowest BCUT2D eigenvalue weighted by molar-refractivity contribution is -0.128. The summed E-state index contributed by atoms with van der Waals surface area (Å²) in [5.41, 5.74) is 5.41. The molecule has 2 amide bonds. The van der Waals surface area contributed by atoms with Gasteiger partial charge in [0.25, 0.3) is 0 Å². The quantitative estimate of drug-likeness (QED) is 0.710. The van der Waals surface area contributed by atoms with Crippen molar-refractivity contribution < 1.29 is 9.59 Å². The van der Waals surface area contributed by atoms with E-state index >= 15 is 0 Å². The van der Waals surface area contributed by atoms with Gasteiger partial charge in [-0.3, -0.25) is 9.59 Å². The lowest BCUT2D eigenvalue weighted by Gasteiger charge is -2.32. The first-order valence-electron chi connectivity index (χ1n) is 6.99. The van der Waals surface area contributed by atoms with E-state index < -0.39 is 0 Å². The molecule has 5 nitrogen and oxygen atoms in total. The van der Waals surface area contributed by atoms with Gasteiger partial charge >= 0.3 is 0 Å². The Morgan fingerprint density at radius 1 is 1.11 bits per heavy atom. The van der Waals surface area contributed by atoms with E-state index in [2.05, 4.69) is 10.6 Å². The summed E-state index contributed by atoms with van der Waals surface area (Å²) in [7, 11) is 0. The number of hydrogen-bond acceptors (Lipinski definition) is 3. The first-order valence-corrected chi connectivity index (χ1v) is 6.99. The largest absolute Gasteiger partial charge is 0.369 e. The second-order valence-electron chi connectivity index (χ2n) is 5.45. The van der Waals surface area contributed by atoms with Gasteiger partial charge in [-0.1, -0.05) is 12.8 Å². The molecule has 19 heavy (non-hydrogen) atoms. The summed E-state index contributed by atoms with van der Waals surface area (Å²) < 4.78 is 0. The highest BCUT2D eigenvalue weighted by Crippen LogP contribution is 2.24. The van der Waals surface area contributed by atoms with Crippen LogP contribution in [0.5, 0.6) is 0 Å². The van der Waals surface area contributed by atoms with E-state index in [1.807, 2.05) is 0 Å². The Morgan fingerprint density at radius 3 is 2.47 bits per heavy atom. The predicted octanol–water partition coefficient (Wildman–Crippen LogP) is 0.568. The molecule has 0 aromatic heterocycles. The molecule has 1 aliphatic carbocycles. The van der Waals surface area contributed by atoms with Crippen molar-refractivity contribution in [1.29, 1.82) is 0 Å². The standard InChI is InChI=1S/C13H23N3O2.ClH/c14-12(17)10-5-1-2-6-11(10)16-13(18)9-4-3-7-15-8-9;/h9-11,15H,1-8H2,(H2,14,17)(H,16,18);1H. The average molecular weight is 290 g/mol. The molecule has 0 aromatic rings. The predicted molar refractivity (Wildman–Crippen MR) is 75.9 cm³/mol. The van der Waals surface area contributed by atoms with E-state index in [-0.39, 0.29) is 42.1 Å². The van der Waals surface area contributed by atoms with Crippen LogP contribution in [0.15, 0.2) is 0 Å². The molecule has 2 fully saturated rings. The van der Waals surface area contributed by atoms with Crippen LogP contribution in [0.1, 0.15) is 38.5 Å². The molecular formula is C13H24ClN3O2. The third-order valence-corrected chi connectivity index (χ3v) is 4.13. The van der Waals surface area contributed by atoms with E-state index in [4.69, 9.17) is 5.73 Å². The van der Waals surface area contributed by atoms with Crippen LogP contribution in [0.3, 0.4) is 0 Å². The van der Waals surface area contributed by atoms with Gasteiger partial charge in [0.15, 0.2) is 0 Å². The minimum atomic E-state index is -0.276. The molecule has 2 rings (SSSR count). The monoisotopic (exact) mass is 289 g/mol. The third kappa shape index (κ3) is 4.35. The molecule has 3 unspecified atom stereocenters. The summed E-state index contributed by atoms with van der Waals surface area (Å²) in [6, 6.07) is -0.0503. The van der Waals surface area contributed by atoms with Crippen LogP contribution in [0, 0.1) is 11.8 Å². The number of primary amides is 1. The topological polar surface area (TPSA) is 84.2 Å². The van der Waals surface area contributed by atoms with Crippen molar-refractivity contribution in [2.75, 3.05) is 13.1 Å². The van der Waals surface area contributed by atoms with Crippen molar-refractivity contribution in [1.82, 2.24) is 10.6 Å². The van der Waals surface area contributed by atoms with Gasteiger partial charge < -0.3 is 16.4 Å². The Morgan fingerprint density at radius 2 is 1.84 bits per heavy atom. The maximum absolute atomic E-state index is 12.1. The van der Waals surface area contributed by atoms with Crippen molar-refractivity contribution >= 4 is 24.2 Å². The summed E-state index contributed by atoms with van der Waals surface area (Å²) in [4.78, 5) is 23.5. The molecule has 0 spiro atoms. The molecular weight excluding hydrogens is 266 g/mol. The number of nitrogens with one attached hydrogen (secondary N) is 2. The number of carbonyl (C=O) groups is 2.